The highest BCUT2D eigenvalue weighted by Crippen LogP contribution is 2.26. The van der Waals surface area contributed by atoms with Gasteiger partial charge in [-0.3, -0.25) is 9.59 Å². The molecule has 0 saturated carbocycles. The van der Waals surface area contributed by atoms with Gasteiger partial charge in [0.25, 0.3) is 0 Å². The van der Waals surface area contributed by atoms with Crippen LogP contribution >= 0.6 is 0 Å². The van der Waals surface area contributed by atoms with Crippen molar-refractivity contribution in [1.82, 2.24) is 47.9 Å². The van der Waals surface area contributed by atoms with Crippen molar-refractivity contribution in [3.8, 4) is 0 Å². The highest BCUT2D eigenvalue weighted by atomic mass is 16.6. The van der Waals surface area contributed by atoms with Gasteiger partial charge in [-0.25, -0.2) is 19.2 Å². The quantitative estimate of drug-likeness (QED) is 0.0307. The predicted molar refractivity (Wildman–Crippen MR) is 316 cm³/mol. The number of hydrogen-bond donors (Lipinski definition) is 15. The Labute approximate surface area is 515 Å². The summed E-state index contributed by atoms with van der Waals surface area (Å²) in [6.45, 7) is 9.26. The van der Waals surface area contributed by atoms with E-state index >= 15 is 0 Å². The third-order valence-corrected chi connectivity index (χ3v) is 14.0. The summed E-state index contributed by atoms with van der Waals surface area (Å²) < 4.78 is 55.6. The van der Waals surface area contributed by atoms with Gasteiger partial charge >= 0.3 is 24.2 Å². The average Bonchev–Trinajstić information content (AvgIpc) is 1.18. The third-order valence-electron chi connectivity index (χ3n) is 14.0. The summed E-state index contributed by atoms with van der Waals surface area (Å²) in [6.07, 6.45) is -5.24. The maximum atomic E-state index is 13.1. The number of aliphatic hydroxyl groups excluding tert-OH is 6. The molecule has 2 heterocycles. The van der Waals surface area contributed by atoms with E-state index in [9.17, 15) is 59.4 Å². The molecule has 0 aromatic heterocycles. The molecule has 0 bridgehead atoms. The first-order chi connectivity index (χ1) is 42.5. The van der Waals surface area contributed by atoms with Gasteiger partial charge in [0.05, 0.1) is 117 Å². The van der Waals surface area contributed by atoms with E-state index in [0.717, 1.165) is 5.56 Å². The number of nitrogens with one attached hydrogen (secondary N) is 9. The van der Waals surface area contributed by atoms with Gasteiger partial charge in [-0.05, 0) is 63.9 Å². The molecule has 0 spiro atoms. The molecule has 1 aromatic rings. The molecule has 2 aliphatic heterocycles. The Morgan fingerprint density at radius 1 is 0.455 bits per heavy atom. The highest BCUT2D eigenvalue weighted by Gasteiger charge is 2.45. The zero-order chi connectivity index (χ0) is 64.2. The number of urea groups is 3. The number of carbonyl (C=O) groups is 6. The number of carbonyl (C=O) groups excluding carboxylic acids is 6. The Morgan fingerprint density at radius 2 is 0.818 bits per heavy atom. The summed E-state index contributed by atoms with van der Waals surface area (Å²) in [5.41, 5.74) is 0.160. The van der Waals surface area contributed by atoms with Gasteiger partial charge in [0.15, 0.2) is 0 Å². The molecule has 31 heteroatoms. The minimum atomic E-state index is -1.34. The van der Waals surface area contributed by atoms with Crippen molar-refractivity contribution in [3.05, 3.63) is 35.9 Å². The second-order valence-electron chi connectivity index (χ2n) is 21.3. The lowest BCUT2D eigenvalue weighted by Gasteiger charge is -2.42. The molecule has 31 nitrogen and oxygen atoms in total. The van der Waals surface area contributed by atoms with E-state index in [0.29, 0.717) is 104 Å². The van der Waals surface area contributed by atoms with Crippen molar-refractivity contribution >= 4 is 36.0 Å². The molecule has 88 heavy (non-hydrogen) atoms. The first kappa shape index (κ1) is 76.9. The molecule has 0 unspecified atom stereocenters. The first-order valence-electron chi connectivity index (χ1n) is 30.3. The van der Waals surface area contributed by atoms with Crippen LogP contribution in [0.25, 0.3) is 0 Å². The number of alkyl carbamates (subject to hydrolysis) is 1. The maximum absolute atomic E-state index is 13.1. The highest BCUT2D eigenvalue weighted by molar-refractivity contribution is 5.75. The van der Waals surface area contributed by atoms with Crippen LogP contribution in [0.1, 0.15) is 77.7 Å². The fourth-order valence-corrected chi connectivity index (χ4v) is 9.43. The minimum Gasteiger partial charge on any atom is -0.445 e. The lowest BCUT2D eigenvalue weighted by Crippen LogP contribution is -2.63. The van der Waals surface area contributed by atoms with Crippen LogP contribution in [0.2, 0.25) is 0 Å². The molecule has 0 aliphatic carbocycles. The van der Waals surface area contributed by atoms with Gasteiger partial charge in [0.1, 0.15) is 43.2 Å². The van der Waals surface area contributed by atoms with Crippen LogP contribution in [0.15, 0.2) is 30.3 Å². The number of aliphatic hydroxyl groups is 6. The van der Waals surface area contributed by atoms with E-state index in [4.69, 9.17) is 47.4 Å². The standard InChI is InChI=1S/C57H101N9O22/c1-40(69)64-47-43(87-45(37-67)49(71)51(47)73)13-7-23-79-29-31-81-25-19-60-53(75)58-17-9-15-57(3,66-55(77)62-21-27-83-33-35-85-36-34-84-28-22-63-56(78)86-39-42-11-5-4-6-12-42)16-10-18-59-54(76)61-20-26-82-32-30-80-24-8-14-44-48(65-41(2)70)52(74)50(72)46(38-68)88-44/h4-6,11-12,43-52,67-68,71-74H,7-10,13-39H2,1-3H3,(H,63,78)(H,64,69)(H,65,70)(H2,58,60,75)(H2,59,61,76)(H2,62,66,77)/t43-,44-,45-,46-,47+,48+,49+,50+,51-,52-/m1/s1. The van der Waals surface area contributed by atoms with Crippen LogP contribution in [-0.4, -0.2) is 278 Å². The van der Waals surface area contributed by atoms with Gasteiger partial charge in [-0.15, -0.1) is 0 Å². The zero-order valence-corrected chi connectivity index (χ0v) is 51.3. The summed E-state index contributed by atoms with van der Waals surface area (Å²) in [5.74, 6) is -0.776. The van der Waals surface area contributed by atoms with E-state index in [1.54, 1.807) is 0 Å². The largest absolute Gasteiger partial charge is 0.445 e. The molecular weight excluding hydrogens is 1160 g/mol. The number of rotatable bonds is 47. The fraction of sp³-hybridized carbons (Fsp3) is 0.789. The molecule has 3 rings (SSSR count). The maximum Gasteiger partial charge on any atom is 0.407 e. The van der Waals surface area contributed by atoms with Crippen molar-refractivity contribution in [3.63, 3.8) is 0 Å². The van der Waals surface area contributed by atoms with Gasteiger partial charge in [0, 0.05) is 71.9 Å². The number of ether oxygens (including phenoxy) is 10. The molecule has 2 aliphatic rings. The smallest absolute Gasteiger partial charge is 0.407 e. The van der Waals surface area contributed by atoms with Crippen molar-refractivity contribution < 1.29 is 107 Å². The first-order valence-corrected chi connectivity index (χ1v) is 30.3. The van der Waals surface area contributed by atoms with Gasteiger partial charge in [0.2, 0.25) is 11.8 Å². The number of hydrogen-bond acceptors (Lipinski definition) is 22. The van der Waals surface area contributed by atoms with Crippen molar-refractivity contribution in [1.29, 1.82) is 0 Å². The Bertz CT molecular complexity index is 1970. The van der Waals surface area contributed by atoms with Gasteiger partial charge in [-0.1, -0.05) is 30.3 Å². The summed E-state index contributed by atoms with van der Waals surface area (Å²) >= 11 is 0. The molecule has 1 aromatic carbocycles. The molecule has 2 fully saturated rings. The van der Waals surface area contributed by atoms with E-state index in [2.05, 4.69) is 47.9 Å². The SMILES string of the molecule is CC(=O)N[C@@H]1[C@@H](O)[C@@H](O)[C@@H](CO)O[C@@H]1CCCOCCOCCNC(=O)NCCCC(C)(CCCNC(=O)NCCOCCOCCC[C@H]1O[C@H](CO)[C@H](O)[C@H](O)[C@H]1NC(C)=O)NC(=O)NCCOCCOCCOCCNC(=O)OCc1ccccc1. The molecule has 2 saturated heterocycles. The van der Waals surface area contributed by atoms with E-state index < -0.39 is 104 Å². The van der Waals surface area contributed by atoms with Crippen LogP contribution < -0.4 is 47.9 Å². The van der Waals surface area contributed by atoms with Crippen molar-refractivity contribution in [2.45, 2.75) is 145 Å². The summed E-state index contributed by atoms with van der Waals surface area (Å²) in [7, 11) is 0. The van der Waals surface area contributed by atoms with Crippen molar-refractivity contribution in [2.75, 3.05) is 145 Å². The second-order valence-corrected chi connectivity index (χ2v) is 21.3. The molecule has 0 radical (unpaired) electrons. The lowest BCUT2D eigenvalue weighted by molar-refractivity contribution is -0.197. The second kappa shape index (κ2) is 46.7. The van der Waals surface area contributed by atoms with E-state index in [1.165, 1.54) is 13.8 Å². The van der Waals surface area contributed by atoms with E-state index in [-0.39, 0.29) is 97.5 Å². The van der Waals surface area contributed by atoms with Crippen LogP contribution in [0, 0.1) is 0 Å². The Morgan fingerprint density at radius 3 is 1.22 bits per heavy atom. The molecule has 15 N–H and O–H groups in total. The summed E-state index contributed by atoms with van der Waals surface area (Å²) in [6, 6.07) is 6.47. The molecule has 9 amide bonds. The topological polar surface area (TPSA) is 424 Å². The van der Waals surface area contributed by atoms with Gasteiger partial charge in [-0.2, -0.15) is 0 Å². The molecule has 10 atom stereocenters. The van der Waals surface area contributed by atoms with E-state index in [1.807, 2.05) is 37.3 Å². The monoisotopic (exact) mass is 1260 g/mol. The Balaban J connectivity index is 1.28. The van der Waals surface area contributed by atoms with Crippen LogP contribution in [-0.2, 0) is 63.6 Å². The Hall–Kier alpha value is -5.36. The third kappa shape index (κ3) is 34.0. The molecular formula is C57H101N9O22. The minimum absolute atomic E-state index is 0.178. The summed E-state index contributed by atoms with van der Waals surface area (Å²) in [4.78, 5) is 73.5. The van der Waals surface area contributed by atoms with Crippen molar-refractivity contribution in [2.24, 2.45) is 0 Å². The van der Waals surface area contributed by atoms with Crippen LogP contribution in [0.3, 0.4) is 0 Å². The normalized spacial score (nSPS) is 22.3. The number of benzene rings is 1. The van der Waals surface area contributed by atoms with Crippen LogP contribution in [0.5, 0.6) is 0 Å². The predicted octanol–water partition coefficient (Wildman–Crippen LogP) is -2.22. The fourth-order valence-electron chi connectivity index (χ4n) is 9.43. The van der Waals surface area contributed by atoms with Crippen LogP contribution in [0.4, 0.5) is 19.2 Å². The number of amides is 9. The molecule has 506 valence electrons. The lowest BCUT2D eigenvalue weighted by atomic mass is 9.90. The van der Waals surface area contributed by atoms with Gasteiger partial charge < -0.3 is 126 Å². The zero-order valence-electron chi connectivity index (χ0n) is 51.3. The average molecular weight is 1260 g/mol. The summed E-state index contributed by atoms with van der Waals surface area (Å²) in [5, 5.41) is 85.3. The Kier molecular flexibility index (Phi) is 40.8.